The highest BCUT2D eigenvalue weighted by Crippen LogP contribution is 2.56. The lowest BCUT2D eigenvalue weighted by molar-refractivity contribution is -0.293. The summed E-state index contributed by atoms with van der Waals surface area (Å²) in [6.45, 7) is 13.3. The Balaban J connectivity index is 1.49. The van der Waals surface area contributed by atoms with Gasteiger partial charge in [-0.3, -0.25) is 14.4 Å². The van der Waals surface area contributed by atoms with Gasteiger partial charge in [0.05, 0.1) is 16.7 Å². The first-order valence-electron chi connectivity index (χ1n) is 51.5. The van der Waals surface area contributed by atoms with Crippen molar-refractivity contribution in [1.82, 2.24) is 0 Å². The fourth-order valence-electron chi connectivity index (χ4n) is 18.8. The summed E-state index contributed by atoms with van der Waals surface area (Å²) in [5, 5.41) is 41.7. The van der Waals surface area contributed by atoms with Crippen LogP contribution in [0.1, 0.15) is 484 Å². The summed E-state index contributed by atoms with van der Waals surface area (Å²) in [4.78, 5) is 103. The molecule has 1 aliphatic rings. The normalized spacial score (nSPS) is 17.5. The molecule has 6 atom stereocenters. The number of aliphatic hydroxyl groups excluding tert-OH is 3. The Bertz CT molecular complexity index is 3760. The second-order valence-corrected chi connectivity index (χ2v) is 37.3. The van der Waals surface area contributed by atoms with Gasteiger partial charge in [0.15, 0.2) is 0 Å². The maximum atomic E-state index is 18.2. The van der Waals surface area contributed by atoms with Crippen LogP contribution in [0.2, 0.25) is 0 Å². The number of carbonyl (C=O) groups excluding carboxylic acids is 6. The van der Waals surface area contributed by atoms with Crippen molar-refractivity contribution in [3.05, 3.63) is 212 Å². The van der Waals surface area contributed by atoms with E-state index in [1.54, 1.807) is 72.8 Å². The van der Waals surface area contributed by atoms with Gasteiger partial charge >= 0.3 is 17.9 Å². The van der Waals surface area contributed by atoms with Gasteiger partial charge in [0.25, 0.3) is 16.8 Å². The molecular formula is C114H168O12. The Morgan fingerprint density at radius 1 is 0.206 bits per heavy atom. The zero-order chi connectivity index (χ0) is 90.1. The number of benzene rings is 6. The summed E-state index contributed by atoms with van der Waals surface area (Å²) in [6.07, 6.45) is 55.9. The molecule has 12 nitrogen and oxygen atoms in total. The van der Waals surface area contributed by atoms with E-state index in [0.29, 0.717) is 38.5 Å². The molecule has 0 spiro atoms. The van der Waals surface area contributed by atoms with Crippen LogP contribution >= 0.6 is 0 Å². The number of unbranched alkanes of at least 4 members (excludes halogenated alkanes) is 48. The monoisotopic (exact) mass is 1730 g/mol. The summed E-state index contributed by atoms with van der Waals surface area (Å²) < 4.78 is 21.2. The molecule has 7 rings (SSSR count). The third kappa shape index (κ3) is 34.2. The van der Waals surface area contributed by atoms with Gasteiger partial charge in [-0.25, -0.2) is 14.4 Å². The van der Waals surface area contributed by atoms with Gasteiger partial charge < -0.3 is 29.5 Å². The van der Waals surface area contributed by atoms with Crippen molar-refractivity contribution in [3.63, 3.8) is 0 Å². The smallest absolute Gasteiger partial charge is 0.339 e. The average molecular weight is 1730 g/mol. The molecule has 0 bridgehead atoms. The first kappa shape index (κ1) is 106. The molecule has 1 aliphatic carbocycles. The Kier molecular flexibility index (Phi) is 52.0. The third-order valence-corrected chi connectivity index (χ3v) is 26.9. The predicted octanol–water partition coefficient (Wildman–Crippen LogP) is 30.0. The quantitative estimate of drug-likeness (QED) is 0.0142. The summed E-state index contributed by atoms with van der Waals surface area (Å²) in [5.74, 6) is -8.26. The average Bonchev–Trinajstić information content (AvgIpc) is 0.657. The number of aryl methyl sites for hydroxylation is 6. The maximum Gasteiger partial charge on any atom is 0.339 e. The summed E-state index contributed by atoms with van der Waals surface area (Å²) >= 11 is 0. The fourth-order valence-corrected chi connectivity index (χ4v) is 18.8. The highest BCUT2D eigenvalue weighted by atomic mass is 16.7. The minimum absolute atomic E-state index is 0.169. The molecule has 0 radical (unpaired) electrons. The number of aliphatic hydroxyl groups is 3. The summed E-state index contributed by atoms with van der Waals surface area (Å²) in [6, 6.07) is 39.1. The van der Waals surface area contributed by atoms with Gasteiger partial charge in [-0.15, -0.1) is 0 Å². The third-order valence-electron chi connectivity index (χ3n) is 26.9. The van der Waals surface area contributed by atoms with Gasteiger partial charge in [-0.2, -0.15) is 0 Å². The molecule has 0 aliphatic heterocycles. The number of ether oxygens (including phenoxy) is 3. The van der Waals surface area contributed by atoms with Crippen molar-refractivity contribution in [2.75, 3.05) is 0 Å². The lowest BCUT2D eigenvalue weighted by Crippen LogP contribution is -2.91. The molecule has 696 valence electrons. The Hall–Kier alpha value is -7.38. The largest absolute Gasteiger partial charge is 0.439 e. The lowest BCUT2D eigenvalue weighted by atomic mass is 9.52. The molecule has 0 heterocycles. The number of rotatable bonds is 72. The van der Waals surface area contributed by atoms with Gasteiger partial charge in [0.2, 0.25) is 17.3 Å². The molecule has 6 aromatic carbocycles. The number of ketones is 3. The van der Waals surface area contributed by atoms with E-state index in [1.807, 2.05) is 0 Å². The van der Waals surface area contributed by atoms with Crippen LogP contribution in [0.5, 0.6) is 0 Å². The molecule has 2 unspecified atom stereocenters. The first-order valence-corrected chi connectivity index (χ1v) is 51.5. The SMILES string of the molecule is CCCCCCCCCCCc1ccc(C(=O)OC2(C(=O)c3ccc(CCCCCCCCCCC)cc3)[C@@](OC(=O)c3ccc(CCCCCCCCCCC)cc3)(C(=O)c3ccc(CCCCCCCCCCC)cc3)[C@@H](O)C(O)[C@@H](O)[C@@]2(OC(=O)c2ccc(CCCCCCCCCCC)cc2)C(=O)c2ccc(CCCCCCCCCCC)cc2)cc1. The van der Waals surface area contributed by atoms with E-state index >= 15 is 28.8 Å². The van der Waals surface area contributed by atoms with Gasteiger partial charge in [-0.1, -0.05) is 459 Å². The van der Waals surface area contributed by atoms with Gasteiger partial charge in [0, 0.05) is 16.7 Å². The maximum absolute atomic E-state index is 18.2. The van der Waals surface area contributed by atoms with Crippen molar-refractivity contribution in [2.24, 2.45) is 0 Å². The second kappa shape index (κ2) is 62.0. The van der Waals surface area contributed by atoms with E-state index < -0.39 is 70.4 Å². The molecule has 6 aromatic rings. The lowest BCUT2D eigenvalue weighted by Gasteiger charge is -2.60. The highest BCUT2D eigenvalue weighted by molar-refractivity contribution is 6.21. The van der Waals surface area contributed by atoms with Crippen LogP contribution in [-0.4, -0.2) is 85.7 Å². The van der Waals surface area contributed by atoms with E-state index in [9.17, 15) is 15.3 Å². The molecule has 3 N–H and O–H groups in total. The van der Waals surface area contributed by atoms with Gasteiger partial charge in [-0.05, 0) is 147 Å². The molecule has 1 saturated carbocycles. The predicted molar refractivity (Wildman–Crippen MR) is 520 cm³/mol. The van der Waals surface area contributed by atoms with Crippen LogP contribution in [0.25, 0.3) is 0 Å². The second-order valence-electron chi connectivity index (χ2n) is 37.3. The Morgan fingerprint density at radius 3 is 0.540 bits per heavy atom. The van der Waals surface area contributed by atoms with Crippen LogP contribution < -0.4 is 0 Å². The van der Waals surface area contributed by atoms with Crippen molar-refractivity contribution in [2.45, 2.75) is 462 Å². The van der Waals surface area contributed by atoms with Crippen molar-refractivity contribution >= 4 is 35.3 Å². The van der Waals surface area contributed by atoms with E-state index in [1.165, 1.54) is 265 Å². The summed E-state index contributed by atoms with van der Waals surface area (Å²) in [5.41, 5.74) is -7.97. The molecule has 0 aromatic heterocycles. The zero-order valence-corrected chi connectivity index (χ0v) is 79.5. The van der Waals surface area contributed by atoms with Crippen LogP contribution in [0, 0.1) is 0 Å². The number of carbonyl (C=O) groups is 6. The van der Waals surface area contributed by atoms with E-state index in [-0.39, 0.29) is 33.4 Å². The fraction of sp³-hybridized carbons (Fsp3) is 0.632. The minimum Gasteiger partial charge on any atom is -0.439 e. The molecule has 1 fully saturated rings. The van der Waals surface area contributed by atoms with Crippen LogP contribution in [0.15, 0.2) is 146 Å². The molecule has 12 heteroatoms. The van der Waals surface area contributed by atoms with Crippen LogP contribution in [0.4, 0.5) is 0 Å². The summed E-state index contributed by atoms with van der Waals surface area (Å²) in [7, 11) is 0. The number of hydrogen-bond acceptors (Lipinski definition) is 12. The standard InChI is InChI=1S/C114H168O12/c1-7-13-19-25-31-37-43-49-55-61-91-67-79-97(80-68-91)104(116)112(124-109(121)100-85-73-94(74-86-100)64-58-52-46-40-34-28-22-16-10-4)107(119)103(115)108(120)113(105(117)98-81-69-92(70-82-98)62-56-50-44-38-32-26-20-14-8-2,125-110(122)101-87-75-95(76-88-101)65-59-53-47-41-35-29-23-17-11-5)114(112,106(118)99-83-71-93(72-84-99)63-57-51-45-39-33-27-21-15-9-3)126-111(123)102-89-77-96(78-90-102)66-60-54-48-42-36-30-24-18-12-6/h67-90,103,107-108,115,119-120H,7-66H2,1-6H3/t103?,107-,108+,112+,113-,114?. The van der Waals surface area contributed by atoms with Crippen molar-refractivity contribution < 1.29 is 58.3 Å². The van der Waals surface area contributed by atoms with Crippen LogP contribution in [0.3, 0.4) is 0 Å². The first-order chi connectivity index (χ1) is 61.6. The molecule has 126 heavy (non-hydrogen) atoms. The van der Waals surface area contributed by atoms with Gasteiger partial charge in [0.1, 0.15) is 18.3 Å². The topological polar surface area (TPSA) is 191 Å². The van der Waals surface area contributed by atoms with Crippen molar-refractivity contribution in [3.8, 4) is 0 Å². The van der Waals surface area contributed by atoms with Crippen molar-refractivity contribution in [1.29, 1.82) is 0 Å². The Labute approximate surface area is 763 Å². The number of Topliss-reactive ketones (excluding diaryl/α,β-unsaturated/α-hetero) is 3. The zero-order valence-electron chi connectivity index (χ0n) is 79.5. The van der Waals surface area contributed by atoms with E-state index in [4.69, 9.17) is 14.2 Å². The number of esters is 3. The minimum atomic E-state index is -4.03. The molecule has 0 saturated heterocycles. The van der Waals surface area contributed by atoms with E-state index in [0.717, 1.165) is 187 Å². The van der Waals surface area contributed by atoms with Crippen LogP contribution in [-0.2, 0) is 52.7 Å². The highest BCUT2D eigenvalue weighted by Gasteiger charge is 2.88. The number of hydrogen-bond donors (Lipinski definition) is 3. The molecule has 0 amide bonds. The molecular weight excluding hydrogens is 1560 g/mol. The van der Waals surface area contributed by atoms with E-state index in [2.05, 4.69) is 41.5 Å². The Morgan fingerprint density at radius 2 is 0.357 bits per heavy atom.